The lowest BCUT2D eigenvalue weighted by molar-refractivity contribution is 0.0949. The van der Waals surface area contributed by atoms with Gasteiger partial charge in [0.05, 0.1) is 22.8 Å². The van der Waals surface area contributed by atoms with Crippen LogP contribution in [-0.2, 0) is 9.84 Å². The second kappa shape index (κ2) is 12.8. The summed E-state index contributed by atoms with van der Waals surface area (Å²) in [5.74, 6) is 0.321. The highest BCUT2D eigenvalue weighted by molar-refractivity contribution is 7.91. The first-order valence-electron chi connectivity index (χ1n) is 12.1. The Morgan fingerprint density at radius 2 is 1.95 bits per heavy atom. The quantitative estimate of drug-likeness (QED) is 0.383. The van der Waals surface area contributed by atoms with Crippen molar-refractivity contribution in [1.29, 1.82) is 0 Å². The van der Waals surface area contributed by atoms with E-state index in [0.717, 1.165) is 0 Å². The van der Waals surface area contributed by atoms with Gasteiger partial charge < -0.3 is 10.6 Å². The van der Waals surface area contributed by atoms with Crippen LogP contribution in [0.3, 0.4) is 0 Å². The van der Waals surface area contributed by atoms with Crippen LogP contribution in [0.15, 0.2) is 66.9 Å². The molecule has 12 heteroatoms. The molecule has 3 aromatic rings. The van der Waals surface area contributed by atoms with Crippen LogP contribution in [0.1, 0.15) is 37.5 Å². The van der Waals surface area contributed by atoms with E-state index in [4.69, 9.17) is 0 Å². The number of anilines is 2. The molecule has 0 aromatic carbocycles. The molecule has 10 nitrogen and oxygen atoms in total. The van der Waals surface area contributed by atoms with Crippen molar-refractivity contribution in [2.24, 2.45) is 0 Å². The number of fused-ring (bicyclic) bond motifs is 1. The van der Waals surface area contributed by atoms with E-state index in [2.05, 4.69) is 32.3 Å². The third kappa shape index (κ3) is 7.58. The Bertz CT molecular complexity index is 1510. The van der Waals surface area contributed by atoms with Gasteiger partial charge >= 0.3 is 0 Å². The number of carbonyl (C=O) groups excluding carboxylic acids is 1. The van der Waals surface area contributed by atoms with Crippen LogP contribution < -0.4 is 10.6 Å². The van der Waals surface area contributed by atoms with Crippen molar-refractivity contribution in [2.75, 3.05) is 43.0 Å². The molecule has 0 radical (unpaired) electrons. The molecule has 1 amide bonds. The van der Waals surface area contributed by atoms with Gasteiger partial charge in [-0.1, -0.05) is 14.0 Å². The van der Waals surface area contributed by atoms with Gasteiger partial charge in [-0.3, -0.25) is 14.7 Å². The Balaban J connectivity index is 0.00000420. The van der Waals surface area contributed by atoms with Gasteiger partial charge in [0.2, 0.25) is 0 Å². The number of amides is 1. The van der Waals surface area contributed by atoms with Gasteiger partial charge in [-0.05, 0) is 49.8 Å². The van der Waals surface area contributed by atoms with Crippen LogP contribution in [0.25, 0.3) is 11.1 Å². The van der Waals surface area contributed by atoms with Crippen molar-refractivity contribution in [2.45, 2.75) is 21.3 Å². The first-order valence-corrected chi connectivity index (χ1v) is 13.9. The number of nitrogens with zero attached hydrogens (tertiary/aromatic N) is 5. The molecule has 1 fully saturated rings. The zero-order chi connectivity index (χ0) is 27.3. The van der Waals surface area contributed by atoms with Crippen LogP contribution in [-0.4, -0.2) is 76.5 Å². The van der Waals surface area contributed by atoms with E-state index in [-0.39, 0.29) is 36.5 Å². The molecule has 2 N–H and O–H groups in total. The summed E-state index contributed by atoms with van der Waals surface area (Å²) in [7, 11) is -2.95. The fraction of sp³-hybridized carbons (Fsp3) is 0.333. The first-order chi connectivity index (χ1) is 18.1. The molecule has 0 aliphatic carbocycles. The number of allylic oxidation sites excluding steroid dienone is 5. The van der Waals surface area contributed by atoms with Gasteiger partial charge in [-0.25, -0.2) is 22.3 Å². The summed E-state index contributed by atoms with van der Waals surface area (Å²) >= 11 is 0. The summed E-state index contributed by atoms with van der Waals surface area (Å²) in [6.07, 6.45) is 7.62. The molecule has 1 aliphatic heterocycles. The van der Waals surface area contributed by atoms with E-state index in [1.54, 1.807) is 36.8 Å². The average molecular weight is 556 g/mol. The van der Waals surface area contributed by atoms with Crippen molar-refractivity contribution in [3.05, 3.63) is 78.3 Å². The van der Waals surface area contributed by atoms with Gasteiger partial charge in [0.1, 0.15) is 11.3 Å². The Hall–Kier alpha value is -3.90. The van der Waals surface area contributed by atoms with Crippen molar-refractivity contribution < 1.29 is 17.6 Å². The minimum Gasteiger partial charge on any atom is -0.351 e. The fourth-order valence-corrected chi connectivity index (χ4v) is 5.06. The van der Waals surface area contributed by atoms with E-state index < -0.39 is 9.84 Å². The predicted molar refractivity (Wildman–Crippen MR) is 152 cm³/mol. The minimum absolute atomic E-state index is 0. The zero-order valence-electron chi connectivity index (χ0n) is 21.3. The SMILES string of the molecule is C.C=C(/C=C\C(F)=C(C)C)c1nc(Nc2ccncc2C(=O)NCCN2CCS(=O)(=O)CC2)c2cccn2n1. The highest BCUT2D eigenvalue weighted by Gasteiger charge is 2.21. The van der Waals surface area contributed by atoms with Crippen LogP contribution in [0.5, 0.6) is 0 Å². The van der Waals surface area contributed by atoms with E-state index >= 15 is 0 Å². The summed E-state index contributed by atoms with van der Waals surface area (Å²) < 4.78 is 38.8. The highest BCUT2D eigenvalue weighted by Crippen LogP contribution is 2.24. The van der Waals surface area contributed by atoms with Gasteiger partial charge in [0.25, 0.3) is 5.91 Å². The number of pyridine rings is 1. The lowest BCUT2D eigenvalue weighted by Crippen LogP contribution is -2.43. The molecule has 0 spiro atoms. The number of rotatable bonds is 9. The van der Waals surface area contributed by atoms with Crippen molar-refractivity contribution in [1.82, 2.24) is 29.8 Å². The topological polar surface area (TPSA) is 122 Å². The normalized spacial score (nSPS) is 15.1. The largest absolute Gasteiger partial charge is 0.351 e. The van der Waals surface area contributed by atoms with E-state index in [9.17, 15) is 17.6 Å². The van der Waals surface area contributed by atoms with Gasteiger partial charge in [0, 0.05) is 50.3 Å². The van der Waals surface area contributed by atoms with E-state index in [1.165, 1.54) is 18.3 Å². The molecular weight excluding hydrogens is 521 g/mol. The predicted octanol–water partition coefficient (Wildman–Crippen LogP) is 3.80. The Labute approximate surface area is 228 Å². The lowest BCUT2D eigenvalue weighted by atomic mass is 10.2. The first kappa shape index (κ1) is 29.7. The van der Waals surface area contributed by atoms with E-state index in [1.807, 2.05) is 17.0 Å². The van der Waals surface area contributed by atoms with Gasteiger partial charge in [-0.15, -0.1) is 5.10 Å². The molecule has 0 atom stereocenters. The third-order valence-corrected chi connectivity index (χ3v) is 7.67. The molecule has 0 bridgehead atoms. The molecule has 4 heterocycles. The molecule has 0 saturated carbocycles. The van der Waals surface area contributed by atoms with Crippen LogP contribution in [0.4, 0.5) is 15.9 Å². The number of hydrogen-bond acceptors (Lipinski definition) is 8. The average Bonchev–Trinajstić information content (AvgIpc) is 3.37. The minimum atomic E-state index is -2.95. The Kier molecular flexibility index (Phi) is 9.71. The number of aromatic nitrogens is 4. The second-order valence-corrected chi connectivity index (χ2v) is 11.4. The summed E-state index contributed by atoms with van der Waals surface area (Å²) in [6.45, 7) is 9.15. The number of hydrogen-bond donors (Lipinski definition) is 2. The molecule has 39 heavy (non-hydrogen) atoms. The van der Waals surface area contributed by atoms with Crippen molar-refractivity contribution in [3.63, 3.8) is 0 Å². The molecular formula is C27H34FN7O3S. The third-order valence-electron chi connectivity index (χ3n) is 6.06. The molecule has 1 saturated heterocycles. The highest BCUT2D eigenvalue weighted by atomic mass is 32.2. The van der Waals surface area contributed by atoms with Gasteiger partial charge in [0.15, 0.2) is 21.5 Å². The summed E-state index contributed by atoms with van der Waals surface area (Å²) in [6, 6.07) is 5.31. The van der Waals surface area contributed by atoms with Crippen molar-refractivity contribution in [3.8, 4) is 0 Å². The number of halogens is 1. The molecule has 0 unspecified atom stereocenters. The fourth-order valence-electron chi connectivity index (χ4n) is 3.79. The van der Waals surface area contributed by atoms with E-state index in [0.29, 0.717) is 59.9 Å². The summed E-state index contributed by atoms with van der Waals surface area (Å²) in [5.41, 5.74) is 2.45. The van der Waals surface area contributed by atoms with Crippen LogP contribution in [0, 0.1) is 0 Å². The maximum Gasteiger partial charge on any atom is 0.255 e. The lowest BCUT2D eigenvalue weighted by Gasteiger charge is -2.26. The maximum absolute atomic E-state index is 13.9. The van der Waals surface area contributed by atoms with Crippen LogP contribution in [0.2, 0.25) is 0 Å². The van der Waals surface area contributed by atoms with Crippen molar-refractivity contribution >= 4 is 38.3 Å². The smallest absolute Gasteiger partial charge is 0.255 e. The zero-order valence-corrected chi connectivity index (χ0v) is 22.1. The number of nitrogens with one attached hydrogen (secondary N) is 2. The molecule has 1 aliphatic rings. The molecule has 4 rings (SSSR count). The number of carbonyl (C=O) groups is 1. The monoisotopic (exact) mass is 555 g/mol. The van der Waals surface area contributed by atoms with Gasteiger partial charge in [-0.2, -0.15) is 0 Å². The van der Waals surface area contributed by atoms with Crippen LogP contribution >= 0.6 is 0 Å². The summed E-state index contributed by atoms with van der Waals surface area (Å²) in [5, 5.41) is 10.5. The number of sulfone groups is 1. The Morgan fingerprint density at radius 3 is 2.67 bits per heavy atom. The standard InChI is InChI=1S/C26H30FN7O3S.CH4/c1-18(2)21(27)7-6-19(3)24-31-25(23-5-4-11-34(23)32-24)30-22-8-9-28-17-20(22)26(35)29-10-12-33-13-15-38(36,37)16-14-33;/h4-9,11,17H,3,10,12-16H2,1-2H3,(H,29,35)(H,28,30,31,32);1H4/b7-6-;. The molecule has 208 valence electrons. The summed E-state index contributed by atoms with van der Waals surface area (Å²) in [4.78, 5) is 23.7. The Morgan fingerprint density at radius 1 is 1.21 bits per heavy atom. The maximum atomic E-state index is 13.9. The molecule has 3 aromatic heterocycles. The second-order valence-electron chi connectivity index (χ2n) is 9.12.